The zero-order valence-electron chi connectivity index (χ0n) is 10.1. The van der Waals surface area contributed by atoms with Gasteiger partial charge in [-0.2, -0.15) is 0 Å². The Morgan fingerprint density at radius 3 is 2.62 bits per heavy atom. The van der Waals surface area contributed by atoms with Crippen LogP contribution in [-0.2, 0) is 5.33 Å². The molecule has 0 bridgehead atoms. The van der Waals surface area contributed by atoms with E-state index < -0.39 is 0 Å². The quantitative estimate of drug-likeness (QED) is 0.731. The van der Waals surface area contributed by atoms with Crippen molar-refractivity contribution < 1.29 is 9.47 Å². The van der Waals surface area contributed by atoms with Crippen molar-refractivity contribution in [3.8, 4) is 11.5 Å². The third kappa shape index (κ3) is 3.71. The van der Waals surface area contributed by atoms with E-state index in [4.69, 9.17) is 9.47 Å². The molecule has 0 N–H and O–H groups in total. The number of hydrogen-bond donors (Lipinski definition) is 0. The van der Waals surface area contributed by atoms with Crippen LogP contribution in [0.1, 0.15) is 32.3 Å². The van der Waals surface area contributed by atoms with Gasteiger partial charge in [-0.3, -0.25) is 0 Å². The first-order chi connectivity index (χ1) is 7.71. The zero-order valence-corrected chi connectivity index (χ0v) is 11.7. The summed E-state index contributed by atoms with van der Waals surface area (Å²) >= 11 is 3.42. The van der Waals surface area contributed by atoms with Gasteiger partial charge in [0, 0.05) is 5.33 Å². The maximum Gasteiger partial charge on any atom is 0.161 e. The zero-order chi connectivity index (χ0) is 12.0. The molecule has 1 aromatic rings. The molecule has 0 heterocycles. The molecule has 0 spiro atoms. The van der Waals surface area contributed by atoms with Crippen LogP contribution in [-0.4, -0.2) is 13.2 Å². The standard InChI is InChI=1S/C13H19BrO2/c1-4-5-10(2)16-12-7-6-11(9-14)8-13(12)15-3/h6-8,10H,4-5,9H2,1-3H3. The van der Waals surface area contributed by atoms with Gasteiger partial charge in [0.25, 0.3) is 0 Å². The second-order valence-corrected chi connectivity index (χ2v) is 4.40. The minimum atomic E-state index is 0.230. The smallest absolute Gasteiger partial charge is 0.161 e. The molecule has 0 aromatic heterocycles. The molecular weight excluding hydrogens is 268 g/mol. The van der Waals surface area contributed by atoms with Crippen LogP contribution in [0.2, 0.25) is 0 Å². The van der Waals surface area contributed by atoms with Crippen LogP contribution < -0.4 is 9.47 Å². The van der Waals surface area contributed by atoms with Gasteiger partial charge in [0.15, 0.2) is 11.5 Å². The molecule has 1 atom stereocenters. The molecule has 1 unspecified atom stereocenters. The van der Waals surface area contributed by atoms with Gasteiger partial charge in [-0.25, -0.2) is 0 Å². The molecule has 0 saturated carbocycles. The highest BCUT2D eigenvalue weighted by molar-refractivity contribution is 9.08. The SMILES string of the molecule is CCCC(C)Oc1ccc(CBr)cc1OC. The summed E-state index contributed by atoms with van der Waals surface area (Å²) < 4.78 is 11.2. The normalized spacial score (nSPS) is 12.2. The number of alkyl halides is 1. The van der Waals surface area contributed by atoms with E-state index in [1.54, 1.807) is 7.11 Å². The summed E-state index contributed by atoms with van der Waals surface area (Å²) in [6.45, 7) is 4.24. The molecule has 2 nitrogen and oxygen atoms in total. The number of hydrogen-bond acceptors (Lipinski definition) is 2. The molecule has 3 heteroatoms. The molecule has 0 aliphatic rings. The summed E-state index contributed by atoms with van der Waals surface area (Å²) in [7, 11) is 1.67. The first-order valence-corrected chi connectivity index (χ1v) is 6.73. The minimum absolute atomic E-state index is 0.230. The van der Waals surface area contributed by atoms with Crippen LogP contribution >= 0.6 is 15.9 Å². The van der Waals surface area contributed by atoms with Crippen molar-refractivity contribution in [2.75, 3.05) is 7.11 Å². The van der Waals surface area contributed by atoms with E-state index in [1.165, 1.54) is 5.56 Å². The van der Waals surface area contributed by atoms with E-state index in [-0.39, 0.29) is 6.10 Å². The largest absolute Gasteiger partial charge is 0.493 e. The Labute approximate surface area is 106 Å². The summed E-state index contributed by atoms with van der Waals surface area (Å²) in [6, 6.07) is 6.02. The summed E-state index contributed by atoms with van der Waals surface area (Å²) in [5.74, 6) is 1.63. The van der Waals surface area contributed by atoms with Crippen molar-refractivity contribution in [2.24, 2.45) is 0 Å². The fourth-order valence-electron chi connectivity index (χ4n) is 1.57. The Morgan fingerprint density at radius 2 is 2.06 bits per heavy atom. The van der Waals surface area contributed by atoms with Gasteiger partial charge in [-0.15, -0.1) is 0 Å². The van der Waals surface area contributed by atoms with Crippen LogP contribution in [0.3, 0.4) is 0 Å². The lowest BCUT2D eigenvalue weighted by atomic mass is 10.2. The molecule has 0 aliphatic heterocycles. The molecule has 16 heavy (non-hydrogen) atoms. The van der Waals surface area contributed by atoms with Crippen molar-refractivity contribution in [1.82, 2.24) is 0 Å². The van der Waals surface area contributed by atoms with Crippen LogP contribution in [0.5, 0.6) is 11.5 Å². The lowest BCUT2D eigenvalue weighted by Crippen LogP contribution is -2.11. The van der Waals surface area contributed by atoms with Crippen molar-refractivity contribution in [3.63, 3.8) is 0 Å². The third-order valence-electron chi connectivity index (χ3n) is 2.41. The van der Waals surface area contributed by atoms with Crippen LogP contribution in [0.4, 0.5) is 0 Å². The lowest BCUT2D eigenvalue weighted by molar-refractivity contribution is 0.201. The maximum atomic E-state index is 5.84. The topological polar surface area (TPSA) is 18.5 Å². The second-order valence-electron chi connectivity index (χ2n) is 3.84. The van der Waals surface area contributed by atoms with Crippen LogP contribution in [0.15, 0.2) is 18.2 Å². The summed E-state index contributed by atoms with van der Waals surface area (Å²) in [6.07, 6.45) is 2.42. The van der Waals surface area contributed by atoms with Crippen LogP contribution in [0, 0.1) is 0 Å². The third-order valence-corrected chi connectivity index (χ3v) is 3.05. The van der Waals surface area contributed by atoms with Crippen LogP contribution in [0.25, 0.3) is 0 Å². The maximum absolute atomic E-state index is 5.84. The first-order valence-electron chi connectivity index (χ1n) is 5.60. The predicted octanol–water partition coefficient (Wildman–Crippen LogP) is 4.16. The Morgan fingerprint density at radius 1 is 1.31 bits per heavy atom. The number of rotatable bonds is 6. The van der Waals surface area contributed by atoms with E-state index in [1.807, 2.05) is 18.2 Å². The van der Waals surface area contributed by atoms with Gasteiger partial charge in [0.05, 0.1) is 13.2 Å². The number of halogens is 1. The van der Waals surface area contributed by atoms with E-state index >= 15 is 0 Å². The van der Waals surface area contributed by atoms with E-state index in [0.29, 0.717) is 0 Å². The van der Waals surface area contributed by atoms with Crippen molar-refractivity contribution >= 4 is 15.9 Å². The second kappa shape index (κ2) is 6.79. The molecule has 1 aromatic carbocycles. The Balaban J connectivity index is 2.78. The lowest BCUT2D eigenvalue weighted by Gasteiger charge is -2.16. The highest BCUT2D eigenvalue weighted by atomic mass is 79.9. The summed E-state index contributed by atoms with van der Waals surface area (Å²) in [4.78, 5) is 0. The predicted molar refractivity (Wildman–Crippen MR) is 70.6 cm³/mol. The monoisotopic (exact) mass is 286 g/mol. The van der Waals surface area contributed by atoms with E-state index in [0.717, 1.165) is 29.7 Å². The molecule has 0 fully saturated rings. The molecule has 90 valence electrons. The van der Waals surface area contributed by atoms with Crippen molar-refractivity contribution in [2.45, 2.75) is 38.1 Å². The van der Waals surface area contributed by atoms with Gasteiger partial charge in [-0.1, -0.05) is 35.3 Å². The summed E-state index contributed by atoms with van der Waals surface area (Å²) in [5.41, 5.74) is 1.19. The Bertz CT molecular complexity index is 326. The molecule has 0 amide bonds. The molecule has 0 radical (unpaired) electrons. The van der Waals surface area contributed by atoms with Gasteiger partial charge in [0.1, 0.15) is 0 Å². The van der Waals surface area contributed by atoms with E-state index in [9.17, 15) is 0 Å². The fourth-order valence-corrected chi connectivity index (χ4v) is 1.92. The van der Waals surface area contributed by atoms with Gasteiger partial charge in [-0.05, 0) is 31.0 Å². The molecule has 0 saturated heterocycles. The highest BCUT2D eigenvalue weighted by Gasteiger charge is 2.09. The molecule has 0 aliphatic carbocycles. The summed E-state index contributed by atoms with van der Waals surface area (Å²) in [5, 5.41) is 0.828. The van der Waals surface area contributed by atoms with E-state index in [2.05, 4.69) is 29.8 Å². The number of ether oxygens (including phenoxy) is 2. The first kappa shape index (κ1) is 13.4. The van der Waals surface area contributed by atoms with Crippen molar-refractivity contribution in [1.29, 1.82) is 0 Å². The van der Waals surface area contributed by atoms with Gasteiger partial charge < -0.3 is 9.47 Å². The number of methoxy groups -OCH3 is 1. The Kier molecular flexibility index (Phi) is 5.67. The minimum Gasteiger partial charge on any atom is -0.493 e. The highest BCUT2D eigenvalue weighted by Crippen LogP contribution is 2.30. The average Bonchev–Trinajstić information content (AvgIpc) is 2.30. The molecular formula is C13H19BrO2. The molecule has 1 rings (SSSR count). The average molecular weight is 287 g/mol. The fraction of sp³-hybridized carbons (Fsp3) is 0.538. The van der Waals surface area contributed by atoms with Gasteiger partial charge in [0.2, 0.25) is 0 Å². The van der Waals surface area contributed by atoms with Gasteiger partial charge >= 0.3 is 0 Å². The Hall–Kier alpha value is -0.700. The van der Waals surface area contributed by atoms with Crippen molar-refractivity contribution in [3.05, 3.63) is 23.8 Å². The number of benzene rings is 1.